The highest BCUT2D eigenvalue weighted by atomic mass is 32.2. The van der Waals surface area contributed by atoms with Gasteiger partial charge in [0.15, 0.2) is 5.12 Å². The van der Waals surface area contributed by atoms with Crippen molar-refractivity contribution in [2.24, 2.45) is 5.92 Å². The summed E-state index contributed by atoms with van der Waals surface area (Å²) in [6.07, 6.45) is 5.63. The highest BCUT2D eigenvalue weighted by molar-refractivity contribution is 8.13. The van der Waals surface area contributed by atoms with Gasteiger partial charge in [0, 0.05) is 24.8 Å². The molecule has 0 bridgehead atoms. The van der Waals surface area contributed by atoms with Crippen LogP contribution in [0.5, 0.6) is 0 Å². The number of likely N-dealkylation sites (tertiary alicyclic amines) is 1. The van der Waals surface area contributed by atoms with E-state index in [-0.39, 0.29) is 5.12 Å². The molecule has 2 aliphatic rings. The molecule has 1 heterocycles. The van der Waals surface area contributed by atoms with Crippen molar-refractivity contribution < 1.29 is 4.79 Å². The van der Waals surface area contributed by atoms with E-state index in [0.29, 0.717) is 6.04 Å². The number of hydrogen-bond acceptors (Lipinski definition) is 3. The molecule has 86 valence electrons. The molecule has 1 saturated carbocycles. The first-order valence-corrected chi connectivity index (χ1v) is 7.06. The van der Waals surface area contributed by atoms with Gasteiger partial charge in [0.1, 0.15) is 0 Å². The van der Waals surface area contributed by atoms with E-state index in [1.807, 2.05) is 0 Å². The van der Waals surface area contributed by atoms with Crippen LogP contribution in [0.4, 0.5) is 0 Å². The van der Waals surface area contributed by atoms with Gasteiger partial charge in [-0.05, 0) is 38.6 Å². The zero-order valence-electron chi connectivity index (χ0n) is 9.74. The third kappa shape index (κ3) is 2.56. The van der Waals surface area contributed by atoms with Crippen molar-refractivity contribution in [1.29, 1.82) is 0 Å². The molecule has 0 unspecified atom stereocenters. The average Bonchev–Trinajstić information content (AvgIpc) is 2.74. The molecule has 0 radical (unpaired) electrons. The second kappa shape index (κ2) is 4.88. The maximum absolute atomic E-state index is 10.9. The Morgan fingerprint density at radius 3 is 3.00 bits per heavy atom. The molecule has 1 aliphatic heterocycles. The van der Waals surface area contributed by atoms with Crippen LogP contribution in [-0.2, 0) is 4.79 Å². The van der Waals surface area contributed by atoms with Gasteiger partial charge in [-0.3, -0.25) is 9.69 Å². The van der Waals surface area contributed by atoms with E-state index >= 15 is 0 Å². The predicted octanol–water partition coefficient (Wildman–Crippen LogP) is 2.53. The number of carbonyl (C=O) groups is 1. The van der Waals surface area contributed by atoms with Crippen LogP contribution in [0.1, 0.15) is 39.5 Å². The van der Waals surface area contributed by atoms with Crippen LogP contribution in [-0.4, -0.2) is 34.4 Å². The molecule has 3 heteroatoms. The molecular formula is C12H21NOS. The average molecular weight is 227 g/mol. The molecule has 15 heavy (non-hydrogen) atoms. The zero-order chi connectivity index (χ0) is 10.8. The maximum atomic E-state index is 10.9. The van der Waals surface area contributed by atoms with Crippen LogP contribution in [0, 0.1) is 5.92 Å². The summed E-state index contributed by atoms with van der Waals surface area (Å²) in [5.74, 6) is 1.94. The second-order valence-electron chi connectivity index (χ2n) is 4.94. The van der Waals surface area contributed by atoms with Gasteiger partial charge in [-0.2, -0.15) is 0 Å². The third-order valence-electron chi connectivity index (χ3n) is 3.90. The van der Waals surface area contributed by atoms with Crippen LogP contribution >= 0.6 is 11.8 Å². The largest absolute Gasteiger partial charge is 0.297 e. The van der Waals surface area contributed by atoms with Gasteiger partial charge in [-0.15, -0.1) is 0 Å². The van der Waals surface area contributed by atoms with E-state index < -0.39 is 0 Å². The van der Waals surface area contributed by atoms with Crippen molar-refractivity contribution in [3.8, 4) is 0 Å². The summed E-state index contributed by atoms with van der Waals surface area (Å²) in [6.45, 7) is 5.20. The van der Waals surface area contributed by atoms with Gasteiger partial charge in [0.05, 0.1) is 0 Å². The summed E-state index contributed by atoms with van der Waals surface area (Å²) in [5.41, 5.74) is 0. The van der Waals surface area contributed by atoms with Crippen LogP contribution in [0.15, 0.2) is 0 Å². The number of carbonyl (C=O) groups excluding carboxylic acids is 1. The lowest BCUT2D eigenvalue weighted by Crippen LogP contribution is -2.39. The van der Waals surface area contributed by atoms with E-state index in [2.05, 4.69) is 11.8 Å². The van der Waals surface area contributed by atoms with E-state index in [0.717, 1.165) is 17.7 Å². The van der Waals surface area contributed by atoms with Gasteiger partial charge in [-0.25, -0.2) is 0 Å². The molecule has 1 saturated heterocycles. The standard InChI is InChI=1S/C12H21NOS/c1-9(8-15-10(2)14)13-7-6-11-4-3-5-12(11)13/h9,11-12H,3-8H2,1-2H3/t9-,11-,12-/m0/s1. The first-order valence-electron chi connectivity index (χ1n) is 6.07. The molecule has 2 rings (SSSR count). The molecule has 2 nitrogen and oxygen atoms in total. The first-order chi connectivity index (χ1) is 7.18. The fourth-order valence-corrected chi connectivity index (χ4v) is 3.82. The first kappa shape index (κ1) is 11.5. The van der Waals surface area contributed by atoms with Gasteiger partial charge in [-0.1, -0.05) is 18.2 Å². The van der Waals surface area contributed by atoms with Crippen LogP contribution in [0.25, 0.3) is 0 Å². The van der Waals surface area contributed by atoms with Crippen molar-refractivity contribution in [1.82, 2.24) is 4.90 Å². The normalized spacial score (nSPS) is 32.9. The van der Waals surface area contributed by atoms with Gasteiger partial charge >= 0.3 is 0 Å². The zero-order valence-corrected chi connectivity index (χ0v) is 10.6. The molecule has 3 atom stereocenters. The number of nitrogens with zero attached hydrogens (tertiary/aromatic N) is 1. The topological polar surface area (TPSA) is 20.3 Å². The quantitative estimate of drug-likeness (QED) is 0.739. The molecule has 0 amide bonds. The summed E-state index contributed by atoms with van der Waals surface area (Å²) in [7, 11) is 0. The fourth-order valence-electron chi connectivity index (χ4n) is 3.15. The Labute approximate surface area is 96.8 Å². The molecule has 0 aromatic carbocycles. The summed E-state index contributed by atoms with van der Waals surface area (Å²) in [6, 6.07) is 1.42. The monoisotopic (exact) mass is 227 g/mol. The number of thioether (sulfide) groups is 1. The number of rotatable bonds is 3. The SMILES string of the molecule is CC(=O)SC[C@H](C)N1CC[C@@H]2CCC[C@@H]21. The van der Waals surface area contributed by atoms with Gasteiger partial charge in [0.2, 0.25) is 0 Å². The van der Waals surface area contributed by atoms with Crippen molar-refractivity contribution in [2.45, 2.75) is 51.6 Å². The van der Waals surface area contributed by atoms with Crippen molar-refractivity contribution in [3.05, 3.63) is 0 Å². The van der Waals surface area contributed by atoms with E-state index in [4.69, 9.17) is 0 Å². The summed E-state index contributed by atoms with van der Waals surface area (Å²) < 4.78 is 0. The molecule has 2 fully saturated rings. The van der Waals surface area contributed by atoms with Gasteiger partial charge in [0.25, 0.3) is 0 Å². The maximum Gasteiger partial charge on any atom is 0.185 e. The van der Waals surface area contributed by atoms with Crippen LogP contribution < -0.4 is 0 Å². The molecular weight excluding hydrogens is 206 g/mol. The van der Waals surface area contributed by atoms with E-state index in [9.17, 15) is 4.79 Å². The predicted molar refractivity (Wildman–Crippen MR) is 65.1 cm³/mol. The summed E-state index contributed by atoms with van der Waals surface area (Å²) in [5, 5.41) is 0.254. The second-order valence-corrected chi connectivity index (χ2v) is 6.13. The Morgan fingerprint density at radius 1 is 1.47 bits per heavy atom. The lowest BCUT2D eigenvalue weighted by atomic mass is 10.0. The summed E-state index contributed by atoms with van der Waals surface area (Å²) >= 11 is 1.48. The Morgan fingerprint density at radius 2 is 2.27 bits per heavy atom. The van der Waals surface area contributed by atoms with Gasteiger partial charge < -0.3 is 0 Å². The Kier molecular flexibility index (Phi) is 3.73. The Bertz CT molecular complexity index is 244. The number of hydrogen-bond donors (Lipinski definition) is 0. The minimum atomic E-state index is 0.254. The molecule has 0 aromatic heterocycles. The molecule has 1 aliphatic carbocycles. The summed E-state index contributed by atoms with van der Waals surface area (Å²) in [4.78, 5) is 13.6. The van der Waals surface area contributed by atoms with Crippen molar-refractivity contribution >= 4 is 16.9 Å². The Hall–Kier alpha value is -0.0200. The fraction of sp³-hybridized carbons (Fsp3) is 0.917. The molecule has 0 spiro atoms. The third-order valence-corrected chi connectivity index (χ3v) is 4.95. The number of fused-ring (bicyclic) bond motifs is 1. The van der Waals surface area contributed by atoms with Crippen molar-refractivity contribution in [2.75, 3.05) is 12.3 Å². The smallest absolute Gasteiger partial charge is 0.185 e. The minimum Gasteiger partial charge on any atom is -0.297 e. The van der Waals surface area contributed by atoms with E-state index in [1.165, 1.54) is 44.0 Å². The Balaban J connectivity index is 1.84. The van der Waals surface area contributed by atoms with Crippen LogP contribution in [0.3, 0.4) is 0 Å². The minimum absolute atomic E-state index is 0.254. The highest BCUT2D eigenvalue weighted by Gasteiger charge is 2.39. The molecule has 0 N–H and O–H groups in total. The van der Waals surface area contributed by atoms with E-state index in [1.54, 1.807) is 6.92 Å². The van der Waals surface area contributed by atoms with Crippen molar-refractivity contribution in [3.63, 3.8) is 0 Å². The highest BCUT2D eigenvalue weighted by Crippen LogP contribution is 2.39. The molecule has 0 aromatic rings. The van der Waals surface area contributed by atoms with Crippen LogP contribution in [0.2, 0.25) is 0 Å². The lowest BCUT2D eigenvalue weighted by Gasteiger charge is -2.29. The lowest BCUT2D eigenvalue weighted by molar-refractivity contribution is -0.109.